The highest BCUT2D eigenvalue weighted by Gasteiger charge is 2.36. The van der Waals surface area contributed by atoms with Crippen molar-refractivity contribution in [1.82, 2.24) is 5.32 Å². The van der Waals surface area contributed by atoms with Crippen molar-refractivity contribution in [3.8, 4) is 17.2 Å². The number of nitrogens with one attached hydrogen (secondary N) is 1. The van der Waals surface area contributed by atoms with E-state index in [4.69, 9.17) is 14.2 Å². The number of methoxy groups -OCH3 is 2. The summed E-state index contributed by atoms with van der Waals surface area (Å²) in [5.41, 5.74) is 0.398. The SMILES string of the molecule is CCOC(=O)[C@H](c1ccc(OC)c(OC)c1)[C@@H]1C=C[C@H](NC(=O)c2ccccc2OC(F)(F)F)C1. The summed E-state index contributed by atoms with van der Waals surface area (Å²) in [6.45, 7) is 1.90. The lowest BCUT2D eigenvalue weighted by Gasteiger charge is -2.23. The quantitative estimate of drug-likeness (QED) is 0.405. The highest BCUT2D eigenvalue weighted by molar-refractivity contribution is 5.97. The van der Waals surface area contributed by atoms with Crippen LogP contribution in [0.15, 0.2) is 54.6 Å². The molecule has 188 valence electrons. The van der Waals surface area contributed by atoms with Crippen molar-refractivity contribution in [2.45, 2.75) is 31.7 Å². The summed E-state index contributed by atoms with van der Waals surface area (Å²) in [5, 5.41) is 2.70. The number of allylic oxidation sites excluding steroid dienone is 1. The third-order valence-corrected chi connectivity index (χ3v) is 5.53. The van der Waals surface area contributed by atoms with E-state index < -0.39 is 35.9 Å². The number of amides is 1. The standard InChI is InChI=1S/C25H26F3NO6/c1-4-34-24(31)22(16-10-12-20(32-2)21(14-16)33-3)15-9-11-17(13-15)29-23(30)18-7-5-6-8-19(18)35-25(26,27)28/h5-12,14-15,17,22H,4,13H2,1-3H3,(H,29,30)/t15-,17+,22+/m1/s1. The van der Waals surface area contributed by atoms with Gasteiger partial charge in [0.15, 0.2) is 11.5 Å². The minimum atomic E-state index is -4.93. The summed E-state index contributed by atoms with van der Waals surface area (Å²) in [7, 11) is 2.99. The van der Waals surface area contributed by atoms with Crippen LogP contribution in [0.25, 0.3) is 0 Å². The van der Waals surface area contributed by atoms with Gasteiger partial charge in [0, 0.05) is 6.04 Å². The summed E-state index contributed by atoms with van der Waals surface area (Å²) >= 11 is 0. The third-order valence-electron chi connectivity index (χ3n) is 5.53. The zero-order valence-electron chi connectivity index (χ0n) is 19.4. The summed E-state index contributed by atoms with van der Waals surface area (Å²) < 4.78 is 58.0. The number of benzene rings is 2. The maximum Gasteiger partial charge on any atom is 0.573 e. The van der Waals surface area contributed by atoms with Crippen LogP contribution in [0.2, 0.25) is 0 Å². The molecule has 0 aliphatic heterocycles. The first kappa shape index (κ1) is 25.9. The number of halogens is 3. The number of para-hydroxylation sites is 1. The second-order valence-corrected chi connectivity index (χ2v) is 7.75. The molecule has 2 aromatic rings. The van der Waals surface area contributed by atoms with Crippen LogP contribution in [0.3, 0.4) is 0 Å². The van der Waals surface area contributed by atoms with Gasteiger partial charge in [-0.25, -0.2) is 0 Å². The molecular formula is C25H26F3NO6. The molecule has 0 fully saturated rings. The maximum absolute atomic E-state index is 12.9. The van der Waals surface area contributed by atoms with Gasteiger partial charge in [-0.1, -0.05) is 30.4 Å². The number of carbonyl (C=O) groups excluding carboxylic acids is 2. The molecule has 0 spiro atoms. The Balaban J connectivity index is 1.78. The van der Waals surface area contributed by atoms with E-state index in [1.807, 2.05) is 0 Å². The molecule has 1 aliphatic carbocycles. The Morgan fingerprint density at radius 2 is 1.74 bits per heavy atom. The molecule has 0 unspecified atom stereocenters. The summed E-state index contributed by atoms with van der Waals surface area (Å²) in [4.78, 5) is 25.6. The predicted molar refractivity (Wildman–Crippen MR) is 121 cm³/mol. The summed E-state index contributed by atoms with van der Waals surface area (Å²) in [6, 6.07) is 9.73. The van der Waals surface area contributed by atoms with E-state index in [0.717, 1.165) is 6.07 Å². The number of hydrogen-bond acceptors (Lipinski definition) is 6. The highest BCUT2D eigenvalue weighted by Crippen LogP contribution is 2.38. The van der Waals surface area contributed by atoms with Gasteiger partial charge in [0.1, 0.15) is 5.75 Å². The number of hydrogen-bond donors (Lipinski definition) is 1. The Kier molecular flexibility index (Phi) is 8.26. The first-order valence-electron chi connectivity index (χ1n) is 10.9. The van der Waals surface area contributed by atoms with Crippen molar-refractivity contribution < 1.29 is 41.7 Å². The number of esters is 1. The van der Waals surface area contributed by atoms with Gasteiger partial charge in [0.2, 0.25) is 0 Å². The molecule has 1 amide bonds. The largest absolute Gasteiger partial charge is 0.573 e. The Bertz CT molecular complexity index is 1090. The van der Waals surface area contributed by atoms with Crippen LogP contribution in [0.1, 0.15) is 35.2 Å². The molecule has 0 saturated heterocycles. The molecule has 1 N–H and O–H groups in total. The molecule has 3 rings (SSSR count). The van der Waals surface area contributed by atoms with E-state index in [1.54, 1.807) is 37.3 Å². The van der Waals surface area contributed by atoms with E-state index in [9.17, 15) is 22.8 Å². The van der Waals surface area contributed by atoms with Crippen molar-refractivity contribution in [2.24, 2.45) is 5.92 Å². The van der Waals surface area contributed by atoms with Gasteiger partial charge in [-0.2, -0.15) is 0 Å². The lowest BCUT2D eigenvalue weighted by Crippen LogP contribution is -2.34. The Labute approximate surface area is 200 Å². The van der Waals surface area contributed by atoms with E-state index in [2.05, 4.69) is 10.1 Å². The monoisotopic (exact) mass is 493 g/mol. The Morgan fingerprint density at radius 3 is 2.40 bits per heavy atom. The molecule has 3 atom stereocenters. The Hall–Kier alpha value is -3.69. The molecule has 0 radical (unpaired) electrons. The lowest BCUT2D eigenvalue weighted by molar-refractivity contribution is -0.274. The van der Waals surface area contributed by atoms with Crippen LogP contribution in [0.5, 0.6) is 17.2 Å². The van der Waals surface area contributed by atoms with Crippen molar-refractivity contribution in [2.75, 3.05) is 20.8 Å². The fraction of sp³-hybridized carbons (Fsp3) is 0.360. The fourth-order valence-corrected chi connectivity index (χ4v) is 4.03. The molecule has 0 bridgehead atoms. The first-order chi connectivity index (χ1) is 16.7. The number of carbonyl (C=O) groups is 2. The van der Waals surface area contributed by atoms with Crippen molar-refractivity contribution in [1.29, 1.82) is 0 Å². The zero-order chi connectivity index (χ0) is 25.6. The molecule has 2 aromatic carbocycles. The van der Waals surface area contributed by atoms with E-state index in [-0.39, 0.29) is 18.1 Å². The smallest absolute Gasteiger partial charge is 0.493 e. The van der Waals surface area contributed by atoms with Crippen molar-refractivity contribution in [3.05, 3.63) is 65.7 Å². The number of rotatable bonds is 9. The van der Waals surface area contributed by atoms with Crippen LogP contribution in [-0.4, -0.2) is 45.1 Å². The van der Waals surface area contributed by atoms with E-state index in [0.29, 0.717) is 23.5 Å². The van der Waals surface area contributed by atoms with Crippen LogP contribution in [-0.2, 0) is 9.53 Å². The van der Waals surface area contributed by atoms with Crippen molar-refractivity contribution in [3.63, 3.8) is 0 Å². The lowest BCUT2D eigenvalue weighted by atomic mass is 9.85. The maximum atomic E-state index is 12.9. The minimum Gasteiger partial charge on any atom is -0.493 e. The van der Waals surface area contributed by atoms with Gasteiger partial charge in [-0.15, -0.1) is 13.2 Å². The van der Waals surface area contributed by atoms with Gasteiger partial charge < -0.3 is 24.3 Å². The molecule has 10 heteroatoms. The average Bonchev–Trinajstić information content (AvgIpc) is 3.26. The molecular weight excluding hydrogens is 467 g/mol. The van der Waals surface area contributed by atoms with Crippen LogP contribution in [0.4, 0.5) is 13.2 Å². The Morgan fingerprint density at radius 1 is 1.03 bits per heavy atom. The van der Waals surface area contributed by atoms with Gasteiger partial charge in [-0.3, -0.25) is 9.59 Å². The summed E-state index contributed by atoms with van der Waals surface area (Å²) in [5.74, 6) is -1.82. The van der Waals surface area contributed by atoms with Crippen LogP contribution >= 0.6 is 0 Å². The second-order valence-electron chi connectivity index (χ2n) is 7.75. The van der Waals surface area contributed by atoms with E-state index >= 15 is 0 Å². The average molecular weight is 493 g/mol. The second kappa shape index (κ2) is 11.2. The fourth-order valence-electron chi connectivity index (χ4n) is 4.03. The molecule has 0 aromatic heterocycles. The third kappa shape index (κ3) is 6.46. The normalized spacial score (nSPS) is 18.0. The first-order valence-corrected chi connectivity index (χ1v) is 10.9. The van der Waals surface area contributed by atoms with E-state index in [1.165, 1.54) is 32.4 Å². The van der Waals surface area contributed by atoms with Gasteiger partial charge in [0.05, 0.1) is 32.3 Å². The molecule has 0 saturated carbocycles. The molecule has 7 nitrogen and oxygen atoms in total. The molecule has 0 heterocycles. The summed E-state index contributed by atoms with van der Waals surface area (Å²) in [6.07, 6.45) is -1.09. The van der Waals surface area contributed by atoms with Gasteiger partial charge in [0.25, 0.3) is 5.91 Å². The minimum absolute atomic E-state index is 0.190. The van der Waals surface area contributed by atoms with Gasteiger partial charge in [-0.05, 0) is 49.1 Å². The van der Waals surface area contributed by atoms with Gasteiger partial charge >= 0.3 is 12.3 Å². The zero-order valence-corrected chi connectivity index (χ0v) is 19.4. The van der Waals surface area contributed by atoms with Crippen molar-refractivity contribution >= 4 is 11.9 Å². The number of ether oxygens (including phenoxy) is 4. The van der Waals surface area contributed by atoms with Crippen LogP contribution < -0.4 is 19.5 Å². The molecule has 1 aliphatic rings. The topological polar surface area (TPSA) is 83.1 Å². The molecule has 35 heavy (non-hydrogen) atoms. The van der Waals surface area contributed by atoms with Crippen LogP contribution in [0, 0.1) is 5.92 Å². The predicted octanol–water partition coefficient (Wildman–Crippen LogP) is 4.62. The number of alkyl halides is 3. The highest BCUT2D eigenvalue weighted by atomic mass is 19.4.